The fourth-order valence-corrected chi connectivity index (χ4v) is 2.30. The molecule has 0 aliphatic carbocycles. The van der Waals surface area contributed by atoms with Crippen LogP contribution in [0.4, 0.5) is 5.95 Å². The number of anilines is 1. The maximum atomic E-state index is 12.3. The van der Waals surface area contributed by atoms with Gasteiger partial charge in [0.1, 0.15) is 11.5 Å². The normalized spacial score (nSPS) is 10.6. The average molecular weight is 327 g/mol. The predicted molar refractivity (Wildman–Crippen MR) is 87.4 cm³/mol. The molecule has 8 nitrogen and oxygen atoms in total. The van der Waals surface area contributed by atoms with Crippen LogP contribution in [0.3, 0.4) is 0 Å². The second kappa shape index (κ2) is 6.53. The number of methoxy groups -OCH3 is 2. The number of carbonyl (C=O) groups is 1. The number of fused-ring (bicyclic) bond motifs is 1. The van der Waals surface area contributed by atoms with Crippen molar-refractivity contribution in [2.24, 2.45) is 0 Å². The zero-order valence-corrected chi connectivity index (χ0v) is 13.6. The summed E-state index contributed by atoms with van der Waals surface area (Å²) in [5, 5.41) is 10.6. The van der Waals surface area contributed by atoms with Crippen LogP contribution in [0.15, 0.2) is 30.5 Å². The molecule has 0 unspecified atom stereocenters. The highest BCUT2D eigenvalue weighted by molar-refractivity contribution is 5.91. The van der Waals surface area contributed by atoms with Gasteiger partial charge < -0.3 is 9.47 Å². The van der Waals surface area contributed by atoms with Gasteiger partial charge in [0.05, 0.1) is 20.6 Å². The lowest BCUT2D eigenvalue weighted by atomic mass is 10.1. The number of benzene rings is 1. The molecule has 1 amide bonds. The van der Waals surface area contributed by atoms with E-state index < -0.39 is 0 Å². The quantitative estimate of drug-likeness (QED) is 0.766. The first-order valence-electron chi connectivity index (χ1n) is 7.30. The van der Waals surface area contributed by atoms with Crippen molar-refractivity contribution < 1.29 is 14.3 Å². The highest BCUT2D eigenvalue weighted by atomic mass is 16.5. The van der Waals surface area contributed by atoms with E-state index in [0.717, 1.165) is 11.3 Å². The maximum Gasteiger partial charge on any atom is 0.256 e. The number of carbonyl (C=O) groups excluding carboxylic acids is 1. The van der Waals surface area contributed by atoms with Crippen LogP contribution >= 0.6 is 0 Å². The molecule has 0 atom stereocenters. The largest absolute Gasteiger partial charge is 0.497 e. The van der Waals surface area contributed by atoms with Crippen LogP contribution in [0.5, 0.6) is 11.5 Å². The van der Waals surface area contributed by atoms with Gasteiger partial charge in [0.25, 0.3) is 5.78 Å². The van der Waals surface area contributed by atoms with E-state index >= 15 is 0 Å². The highest BCUT2D eigenvalue weighted by Crippen LogP contribution is 2.25. The lowest BCUT2D eigenvalue weighted by Crippen LogP contribution is -2.17. The molecule has 1 aromatic carbocycles. The van der Waals surface area contributed by atoms with E-state index in [9.17, 15) is 4.79 Å². The molecular weight excluding hydrogens is 310 g/mol. The van der Waals surface area contributed by atoms with Crippen molar-refractivity contribution in [1.29, 1.82) is 0 Å². The minimum absolute atomic E-state index is 0.140. The van der Waals surface area contributed by atoms with Crippen molar-refractivity contribution in [1.82, 2.24) is 19.6 Å². The molecular formula is C16H17N5O3. The van der Waals surface area contributed by atoms with E-state index in [-0.39, 0.29) is 12.3 Å². The smallest absolute Gasteiger partial charge is 0.256 e. The van der Waals surface area contributed by atoms with Gasteiger partial charge >= 0.3 is 0 Å². The summed E-state index contributed by atoms with van der Waals surface area (Å²) in [6.07, 6.45) is 1.91. The Bertz CT molecular complexity index is 891. The van der Waals surface area contributed by atoms with Gasteiger partial charge in [-0.2, -0.15) is 0 Å². The molecule has 0 saturated heterocycles. The van der Waals surface area contributed by atoms with Crippen LogP contribution in [0.25, 0.3) is 5.78 Å². The summed E-state index contributed by atoms with van der Waals surface area (Å²) in [4.78, 5) is 16.6. The number of nitrogens with zero attached hydrogens (tertiary/aromatic N) is 4. The summed E-state index contributed by atoms with van der Waals surface area (Å²) in [5.74, 6) is 1.80. The second-order valence-corrected chi connectivity index (χ2v) is 5.17. The Labute approximate surface area is 138 Å². The molecule has 3 rings (SSSR count). The Hall–Kier alpha value is -3.16. The standard InChI is InChI=1S/C16H17N5O3/c1-10-6-7-21-15(17-10)19-20-16(21)18-14(22)8-11-4-5-12(23-2)9-13(11)24-3/h4-7,9H,8H2,1-3H3,(H,18,20,22). The number of aryl methyl sites for hydroxylation is 1. The summed E-state index contributed by atoms with van der Waals surface area (Å²) in [7, 11) is 3.13. The van der Waals surface area contributed by atoms with Gasteiger partial charge in [-0.05, 0) is 19.1 Å². The number of aromatic nitrogens is 4. The van der Waals surface area contributed by atoms with Crippen molar-refractivity contribution in [3.05, 3.63) is 41.7 Å². The van der Waals surface area contributed by atoms with Gasteiger partial charge in [-0.3, -0.25) is 14.5 Å². The predicted octanol–water partition coefficient (Wildman–Crippen LogP) is 1.63. The van der Waals surface area contributed by atoms with Crippen molar-refractivity contribution in [3.63, 3.8) is 0 Å². The van der Waals surface area contributed by atoms with Gasteiger partial charge in [-0.25, -0.2) is 4.98 Å². The molecule has 0 aliphatic heterocycles. The fraction of sp³-hybridized carbons (Fsp3) is 0.250. The average Bonchev–Trinajstić information content (AvgIpc) is 2.97. The minimum Gasteiger partial charge on any atom is -0.497 e. The first kappa shape index (κ1) is 15.7. The summed E-state index contributed by atoms with van der Waals surface area (Å²) >= 11 is 0. The number of hydrogen-bond donors (Lipinski definition) is 1. The molecule has 2 aromatic heterocycles. The number of rotatable bonds is 5. The van der Waals surface area contributed by atoms with E-state index in [1.165, 1.54) is 0 Å². The molecule has 0 spiro atoms. The minimum atomic E-state index is -0.228. The molecule has 124 valence electrons. The molecule has 0 bridgehead atoms. The van der Waals surface area contributed by atoms with Crippen LogP contribution in [0.1, 0.15) is 11.3 Å². The summed E-state index contributed by atoms with van der Waals surface area (Å²) < 4.78 is 12.1. The van der Waals surface area contributed by atoms with Crippen molar-refractivity contribution in [3.8, 4) is 11.5 Å². The second-order valence-electron chi connectivity index (χ2n) is 5.17. The summed E-state index contributed by atoms with van der Waals surface area (Å²) in [6.45, 7) is 1.86. The van der Waals surface area contributed by atoms with Crippen LogP contribution in [-0.2, 0) is 11.2 Å². The van der Waals surface area contributed by atoms with Crippen LogP contribution in [-0.4, -0.2) is 39.7 Å². The molecule has 24 heavy (non-hydrogen) atoms. The third-order valence-electron chi connectivity index (χ3n) is 3.52. The van der Waals surface area contributed by atoms with Gasteiger partial charge in [0, 0.05) is 23.5 Å². The molecule has 1 N–H and O–H groups in total. The highest BCUT2D eigenvalue weighted by Gasteiger charge is 2.13. The Morgan fingerprint density at radius 3 is 2.79 bits per heavy atom. The zero-order valence-electron chi connectivity index (χ0n) is 13.6. The van der Waals surface area contributed by atoms with E-state index in [2.05, 4.69) is 20.5 Å². The molecule has 3 aromatic rings. The third kappa shape index (κ3) is 3.12. The fourth-order valence-electron chi connectivity index (χ4n) is 2.30. The SMILES string of the molecule is COc1ccc(CC(=O)Nc2nnc3nc(C)ccn23)c(OC)c1. The lowest BCUT2D eigenvalue weighted by Gasteiger charge is -2.10. The molecule has 2 heterocycles. The monoisotopic (exact) mass is 327 g/mol. The van der Waals surface area contributed by atoms with Crippen molar-refractivity contribution in [2.45, 2.75) is 13.3 Å². The van der Waals surface area contributed by atoms with Crippen molar-refractivity contribution >= 4 is 17.6 Å². The van der Waals surface area contributed by atoms with E-state index in [1.54, 1.807) is 43.0 Å². The maximum absolute atomic E-state index is 12.3. The van der Waals surface area contributed by atoms with Crippen LogP contribution in [0, 0.1) is 6.92 Å². The Kier molecular flexibility index (Phi) is 4.28. The summed E-state index contributed by atoms with van der Waals surface area (Å²) in [5.41, 5.74) is 1.58. The van der Waals surface area contributed by atoms with Gasteiger partial charge in [-0.1, -0.05) is 6.07 Å². The molecule has 0 fully saturated rings. The van der Waals surface area contributed by atoms with Crippen LogP contribution in [0.2, 0.25) is 0 Å². The lowest BCUT2D eigenvalue weighted by molar-refractivity contribution is -0.115. The van der Waals surface area contributed by atoms with Crippen LogP contribution < -0.4 is 14.8 Å². The number of ether oxygens (including phenoxy) is 2. The Morgan fingerprint density at radius 1 is 1.21 bits per heavy atom. The first-order valence-corrected chi connectivity index (χ1v) is 7.30. The van der Waals surface area contributed by atoms with E-state index in [4.69, 9.17) is 9.47 Å². The van der Waals surface area contributed by atoms with E-state index in [0.29, 0.717) is 23.2 Å². The number of amides is 1. The van der Waals surface area contributed by atoms with Gasteiger partial charge in [0.15, 0.2) is 0 Å². The van der Waals surface area contributed by atoms with Gasteiger partial charge in [0.2, 0.25) is 11.9 Å². The molecule has 8 heteroatoms. The Morgan fingerprint density at radius 2 is 2.04 bits per heavy atom. The van der Waals surface area contributed by atoms with Crippen molar-refractivity contribution in [2.75, 3.05) is 19.5 Å². The topological polar surface area (TPSA) is 90.6 Å². The summed E-state index contributed by atoms with van der Waals surface area (Å²) in [6, 6.07) is 7.13. The molecule has 0 aliphatic rings. The molecule has 0 radical (unpaired) electrons. The van der Waals surface area contributed by atoms with E-state index in [1.807, 2.05) is 13.0 Å². The zero-order chi connectivity index (χ0) is 17.1. The number of nitrogens with one attached hydrogen (secondary N) is 1. The first-order chi connectivity index (χ1) is 11.6. The number of hydrogen-bond acceptors (Lipinski definition) is 6. The Balaban J connectivity index is 1.78. The molecule has 0 saturated carbocycles. The third-order valence-corrected chi connectivity index (χ3v) is 3.52. The van der Waals surface area contributed by atoms with Gasteiger partial charge in [-0.15, -0.1) is 10.2 Å².